The van der Waals surface area contributed by atoms with Crippen molar-refractivity contribution in [3.05, 3.63) is 42.0 Å². The van der Waals surface area contributed by atoms with E-state index in [4.69, 9.17) is 9.15 Å². The van der Waals surface area contributed by atoms with Gasteiger partial charge >= 0.3 is 0 Å². The minimum atomic E-state index is 0.785. The molecule has 0 aliphatic heterocycles. The molecule has 22 heavy (non-hydrogen) atoms. The lowest BCUT2D eigenvalue weighted by atomic mass is 9.99. The highest BCUT2D eigenvalue weighted by molar-refractivity contribution is 5.74. The smallest absolute Gasteiger partial charge is 0.226 e. The minimum absolute atomic E-state index is 0.785. The summed E-state index contributed by atoms with van der Waals surface area (Å²) in [7, 11) is 0. The molecule has 2 nitrogen and oxygen atoms in total. The molecule has 1 aromatic heterocycles. The molecule has 0 saturated carbocycles. The Kier molecular flexibility index (Phi) is 7.08. The predicted octanol–water partition coefficient (Wildman–Crippen LogP) is 6.98. The highest BCUT2D eigenvalue weighted by Gasteiger charge is 2.02. The van der Waals surface area contributed by atoms with Gasteiger partial charge in [-0.2, -0.15) is 0 Å². The first-order chi connectivity index (χ1) is 10.8. The summed E-state index contributed by atoms with van der Waals surface area (Å²) in [5, 5.41) is 0. The van der Waals surface area contributed by atoms with Crippen molar-refractivity contribution in [2.45, 2.75) is 58.8 Å². The largest absolute Gasteiger partial charge is 0.286 e. The van der Waals surface area contributed by atoms with Crippen LogP contribution in [0.25, 0.3) is 17.2 Å². The molecule has 2 rings (SSSR count). The molecule has 1 heterocycles. The van der Waals surface area contributed by atoms with Crippen molar-refractivity contribution in [2.75, 3.05) is 0 Å². The van der Waals surface area contributed by atoms with Gasteiger partial charge in [0.15, 0.2) is 0 Å². The first kappa shape index (κ1) is 16.7. The molecule has 0 amide bonds. The van der Waals surface area contributed by atoms with Crippen molar-refractivity contribution in [3.63, 3.8) is 0 Å². The summed E-state index contributed by atoms with van der Waals surface area (Å²) >= 11 is 0. The van der Waals surface area contributed by atoms with Gasteiger partial charge < -0.3 is 0 Å². The number of unbranched alkanes of at least 4 members (excludes halogenated alkanes) is 4. The average molecular weight is 300 g/mol. The fourth-order valence-electron chi connectivity index (χ4n) is 2.59. The SMILES string of the molecule is CCCCCCCC(C)C/C=C/C=C/c1ccc2ooc2c1. The number of allylic oxidation sites excluding steroid dienone is 3. The van der Waals surface area contributed by atoms with Gasteiger partial charge in [0.25, 0.3) is 0 Å². The molecule has 0 saturated heterocycles. The van der Waals surface area contributed by atoms with E-state index in [-0.39, 0.29) is 0 Å². The summed E-state index contributed by atoms with van der Waals surface area (Å²) in [5.74, 6) is 0.785. The Morgan fingerprint density at radius 3 is 2.55 bits per heavy atom. The predicted molar refractivity (Wildman–Crippen MR) is 93.8 cm³/mol. The number of fused-ring (bicyclic) bond motifs is 1. The van der Waals surface area contributed by atoms with Crippen LogP contribution in [-0.2, 0) is 0 Å². The number of rotatable bonds is 10. The molecule has 2 heteroatoms. The highest BCUT2D eigenvalue weighted by atomic mass is 17.0. The molecule has 2 aromatic rings. The molecule has 0 radical (unpaired) electrons. The molecular formula is C20H28O2. The first-order valence-corrected chi connectivity index (χ1v) is 8.61. The lowest BCUT2D eigenvalue weighted by Gasteiger charge is -2.07. The molecule has 1 atom stereocenters. The Labute approximate surface area is 133 Å². The second kappa shape index (κ2) is 9.34. The average Bonchev–Trinajstić information content (AvgIpc) is 2.49. The molecule has 1 unspecified atom stereocenters. The number of benzene rings is 1. The Morgan fingerprint density at radius 2 is 1.82 bits per heavy atom. The van der Waals surface area contributed by atoms with Crippen molar-refractivity contribution < 1.29 is 9.15 Å². The zero-order valence-corrected chi connectivity index (χ0v) is 13.9. The molecule has 1 aromatic carbocycles. The zero-order chi connectivity index (χ0) is 15.6. The lowest BCUT2D eigenvalue weighted by molar-refractivity contribution is 0.0589. The van der Waals surface area contributed by atoms with E-state index in [0.29, 0.717) is 0 Å². The van der Waals surface area contributed by atoms with Crippen molar-refractivity contribution >= 4 is 17.2 Å². The van der Waals surface area contributed by atoms with Gasteiger partial charge in [-0.05, 0) is 30.0 Å². The van der Waals surface area contributed by atoms with Gasteiger partial charge in [-0.15, -0.1) is 0 Å². The standard InChI is InChI=1S/C20H28O2/c1-3-4-5-6-8-11-17(2)12-9-7-10-13-18-14-15-19-20(16-18)22-21-19/h7,9-10,13-17H,3-6,8,11-12H2,1-2H3/b9-7+,13-10+. The number of hydrogen-bond acceptors (Lipinski definition) is 2. The van der Waals surface area contributed by atoms with Crippen LogP contribution in [0, 0.1) is 5.92 Å². The molecule has 0 spiro atoms. The highest BCUT2D eigenvalue weighted by Crippen LogP contribution is 2.20. The Balaban J connectivity index is 1.62. The van der Waals surface area contributed by atoms with Crippen LogP contribution in [0.5, 0.6) is 0 Å². The van der Waals surface area contributed by atoms with Gasteiger partial charge in [0, 0.05) is 0 Å². The summed E-state index contributed by atoms with van der Waals surface area (Å²) in [6, 6.07) is 5.95. The molecule has 0 aliphatic rings. The van der Waals surface area contributed by atoms with Crippen LogP contribution in [0.2, 0.25) is 0 Å². The van der Waals surface area contributed by atoms with Gasteiger partial charge in [0.2, 0.25) is 11.2 Å². The summed E-state index contributed by atoms with van der Waals surface area (Å²) < 4.78 is 9.70. The Morgan fingerprint density at radius 1 is 1.00 bits per heavy atom. The van der Waals surface area contributed by atoms with E-state index in [9.17, 15) is 0 Å². The summed E-state index contributed by atoms with van der Waals surface area (Å²) in [6.07, 6.45) is 18.0. The van der Waals surface area contributed by atoms with E-state index in [1.165, 1.54) is 44.9 Å². The van der Waals surface area contributed by atoms with E-state index in [1.807, 2.05) is 18.2 Å². The summed E-state index contributed by atoms with van der Waals surface area (Å²) in [5.41, 5.74) is 2.78. The molecule has 0 N–H and O–H groups in total. The van der Waals surface area contributed by atoms with E-state index < -0.39 is 0 Å². The second-order valence-electron chi connectivity index (χ2n) is 6.20. The fourth-order valence-corrected chi connectivity index (χ4v) is 2.59. The van der Waals surface area contributed by atoms with Crippen LogP contribution in [0.3, 0.4) is 0 Å². The fraction of sp³-hybridized carbons (Fsp3) is 0.500. The van der Waals surface area contributed by atoms with Crippen LogP contribution in [0.15, 0.2) is 45.6 Å². The van der Waals surface area contributed by atoms with Crippen LogP contribution < -0.4 is 0 Å². The maximum atomic E-state index is 4.89. The third kappa shape index (κ3) is 5.59. The van der Waals surface area contributed by atoms with Gasteiger partial charge in [0.1, 0.15) is 0 Å². The lowest BCUT2D eigenvalue weighted by Crippen LogP contribution is -1.92. The van der Waals surface area contributed by atoms with Crippen LogP contribution in [-0.4, -0.2) is 0 Å². The van der Waals surface area contributed by atoms with E-state index in [2.05, 4.69) is 38.2 Å². The number of hydrogen-bond donors (Lipinski definition) is 0. The van der Waals surface area contributed by atoms with E-state index in [0.717, 1.165) is 22.6 Å². The summed E-state index contributed by atoms with van der Waals surface area (Å²) in [6.45, 7) is 4.62. The van der Waals surface area contributed by atoms with Crippen molar-refractivity contribution in [3.8, 4) is 0 Å². The molecule has 0 fully saturated rings. The normalized spacial score (nSPS) is 13.7. The Bertz CT molecular complexity index is 586. The van der Waals surface area contributed by atoms with Crippen LogP contribution in [0.1, 0.15) is 64.4 Å². The van der Waals surface area contributed by atoms with Gasteiger partial charge in [-0.3, -0.25) is 9.15 Å². The van der Waals surface area contributed by atoms with E-state index in [1.54, 1.807) is 0 Å². The third-order valence-electron chi connectivity index (χ3n) is 4.06. The maximum Gasteiger partial charge on any atom is 0.226 e. The van der Waals surface area contributed by atoms with Crippen molar-refractivity contribution in [1.82, 2.24) is 0 Å². The second-order valence-corrected chi connectivity index (χ2v) is 6.20. The van der Waals surface area contributed by atoms with Gasteiger partial charge in [-0.1, -0.05) is 82.7 Å². The minimum Gasteiger partial charge on any atom is -0.286 e. The van der Waals surface area contributed by atoms with Crippen LogP contribution >= 0.6 is 0 Å². The molecule has 120 valence electrons. The van der Waals surface area contributed by atoms with Gasteiger partial charge in [-0.25, -0.2) is 0 Å². The molecular weight excluding hydrogens is 272 g/mol. The monoisotopic (exact) mass is 300 g/mol. The maximum absolute atomic E-state index is 4.89. The molecule has 0 aliphatic carbocycles. The topological polar surface area (TPSA) is 26.3 Å². The first-order valence-electron chi connectivity index (χ1n) is 8.61. The third-order valence-corrected chi connectivity index (χ3v) is 4.06. The van der Waals surface area contributed by atoms with Gasteiger partial charge in [0.05, 0.1) is 0 Å². The van der Waals surface area contributed by atoms with Crippen LogP contribution in [0.4, 0.5) is 0 Å². The zero-order valence-electron chi connectivity index (χ0n) is 13.9. The Hall–Kier alpha value is -1.70. The van der Waals surface area contributed by atoms with Crippen molar-refractivity contribution in [1.29, 1.82) is 0 Å². The quantitative estimate of drug-likeness (QED) is 0.269. The summed E-state index contributed by atoms with van der Waals surface area (Å²) in [4.78, 5) is 0. The molecule has 0 bridgehead atoms. The van der Waals surface area contributed by atoms with E-state index >= 15 is 0 Å². The van der Waals surface area contributed by atoms with Crippen molar-refractivity contribution in [2.24, 2.45) is 5.92 Å².